The summed E-state index contributed by atoms with van der Waals surface area (Å²) in [4.78, 5) is 2.62. The van der Waals surface area contributed by atoms with E-state index in [2.05, 4.69) is 33.7 Å². The molecular weight excluding hydrogens is 288 g/mol. The fourth-order valence-electron chi connectivity index (χ4n) is 3.41. The SMILES string of the molecule is C1COC(CN2CCC(NC3CSCCSC3)CC2)C1. The van der Waals surface area contributed by atoms with E-state index in [1.807, 2.05) is 0 Å². The molecule has 116 valence electrons. The first-order chi connectivity index (χ1) is 9.90. The largest absolute Gasteiger partial charge is 0.377 e. The predicted octanol–water partition coefficient (Wildman–Crippen LogP) is 2.07. The van der Waals surface area contributed by atoms with Gasteiger partial charge in [0.15, 0.2) is 0 Å². The highest BCUT2D eigenvalue weighted by Crippen LogP contribution is 2.20. The third-order valence-electron chi connectivity index (χ3n) is 4.55. The van der Waals surface area contributed by atoms with Crippen LogP contribution in [0.3, 0.4) is 0 Å². The van der Waals surface area contributed by atoms with Gasteiger partial charge in [-0.15, -0.1) is 0 Å². The van der Waals surface area contributed by atoms with Gasteiger partial charge in [0.25, 0.3) is 0 Å². The van der Waals surface area contributed by atoms with E-state index >= 15 is 0 Å². The molecule has 0 aromatic rings. The molecule has 1 N–H and O–H groups in total. The maximum absolute atomic E-state index is 5.76. The van der Waals surface area contributed by atoms with Crippen LogP contribution < -0.4 is 5.32 Å². The van der Waals surface area contributed by atoms with Crippen LogP contribution in [0.5, 0.6) is 0 Å². The summed E-state index contributed by atoms with van der Waals surface area (Å²) in [6.45, 7) is 4.66. The summed E-state index contributed by atoms with van der Waals surface area (Å²) in [5.74, 6) is 5.29. The fourth-order valence-corrected chi connectivity index (χ4v) is 5.83. The maximum atomic E-state index is 5.76. The summed E-state index contributed by atoms with van der Waals surface area (Å²) >= 11 is 4.25. The van der Waals surface area contributed by atoms with E-state index < -0.39 is 0 Å². The molecule has 3 aliphatic rings. The lowest BCUT2D eigenvalue weighted by molar-refractivity contribution is 0.0623. The van der Waals surface area contributed by atoms with Crippen molar-refractivity contribution < 1.29 is 4.74 Å². The molecule has 0 saturated carbocycles. The molecule has 3 heterocycles. The molecule has 5 heteroatoms. The first-order valence-electron chi connectivity index (χ1n) is 8.15. The molecule has 3 fully saturated rings. The van der Waals surface area contributed by atoms with Crippen LogP contribution >= 0.6 is 23.5 Å². The lowest BCUT2D eigenvalue weighted by Gasteiger charge is -2.35. The lowest BCUT2D eigenvalue weighted by atomic mass is 10.0. The van der Waals surface area contributed by atoms with Gasteiger partial charge in [-0.1, -0.05) is 0 Å². The normalized spacial score (nSPS) is 31.5. The minimum Gasteiger partial charge on any atom is -0.377 e. The average Bonchev–Trinajstić information content (AvgIpc) is 2.84. The molecule has 0 aliphatic carbocycles. The van der Waals surface area contributed by atoms with Gasteiger partial charge >= 0.3 is 0 Å². The van der Waals surface area contributed by atoms with Crippen molar-refractivity contribution in [3.05, 3.63) is 0 Å². The van der Waals surface area contributed by atoms with Crippen LogP contribution in [0.25, 0.3) is 0 Å². The second-order valence-corrected chi connectivity index (χ2v) is 8.52. The third-order valence-corrected chi connectivity index (χ3v) is 7.08. The van der Waals surface area contributed by atoms with Crippen LogP contribution in [-0.2, 0) is 4.74 Å². The van der Waals surface area contributed by atoms with E-state index in [9.17, 15) is 0 Å². The number of thioether (sulfide) groups is 2. The zero-order valence-electron chi connectivity index (χ0n) is 12.4. The highest BCUT2D eigenvalue weighted by Gasteiger charge is 2.25. The van der Waals surface area contributed by atoms with Gasteiger partial charge in [-0.05, 0) is 38.8 Å². The Bertz CT molecular complexity index is 271. The summed E-state index contributed by atoms with van der Waals surface area (Å²) in [5.41, 5.74) is 0. The highest BCUT2D eigenvalue weighted by atomic mass is 32.2. The molecule has 0 aromatic heterocycles. The lowest BCUT2D eigenvalue weighted by Crippen LogP contribution is -2.48. The molecule has 0 aromatic carbocycles. The van der Waals surface area contributed by atoms with Gasteiger partial charge in [-0.25, -0.2) is 0 Å². The molecular formula is C15H28N2OS2. The third kappa shape index (κ3) is 4.80. The standard InChI is InChI=1S/C15H28N2OS2/c1-2-15(18-7-1)10-17-5-3-13(4-6-17)16-14-11-19-8-9-20-12-14/h13-16H,1-12H2. The van der Waals surface area contributed by atoms with E-state index in [1.54, 1.807) is 0 Å². The van der Waals surface area contributed by atoms with Crippen LogP contribution in [0.15, 0.2) is 0 Å². The molecule has 3 rings (SSSR count). The average molecular weight is 317 g/mol. The Balaban J connectivity index is 1.35. The Morgan fingerprint density at radius 3 is 2.40 bits per heavy atom. The number of rotatable bonds is 4. The van der Waals surface area contributed by atoms with Gasteiger partial charge in [0.05, 0.1) is 6.10 Å². The van der Waals surface area contributed by atoms with Gasteiger partial charge in [0.2, 0.25) is 0 Å². The van der Waals surface area contributed by atoms with E-state index in [1.165, 1.54) is 68.3 Å². The Hall–Kier alpha value is 0.580. The van der Waals surface area contributed by atoms with Crippen molar-refractivity contribution in [3.8, 4) is 0 Å². The zero-order valence-corrected chi connectivity index (χ0v) is 14.0. The summed E-state index contributed by atoms with van der Waals surface area (Å²) < 4.78 is 5.76. The highest BCUT2D eigenvalue weighted by molar-refractivity contribution is 8.03. The number of ether oxygens (including phenoxy) is 1. The van der Waals surface area contributed by atoms with Crippen molar-refractivity contribution in [2.24, 2.45) is 0 Å². The molecule has 3 aliphatic heterocycles. The van der Waals surface area contributed by atoms with Crippen molar-refractivity contribution in [1.29, 1.82) is 0 Å². The number of nitrogens with zero attached hydrogens (tertiary/aromatic N) is 1. The summed E-state index contributed by atoms with van der Waals surface area (Å²) in [6, 6.07) is 1.49. The van der Waals surface area contributed by atoms with Crippen molar-refractivity contribution in [1.82, 2.24) is 10.2 Å². The minimum absolute atomic E-state index is 0.522. The Kier molecular flexibility index (Phi) is 6.40. The van der Waals surface area contributed by atoms with Crippen LogP contribution in [-0.4, -0.2) is 72.3 Å². The number of likely N-dealkylation sites (tertiary alicyclic amines) is 1. The van der Waals surface area contributed by atoms with Crippen molar-refractivity contribution in [2.75, 3.05) is 49.3 Å². The van der Waals surface area contributed by atoms with Crippen LogP contribution in [0.4, 0.5) is 0 Å². The first-order valence-corrected chi connectivity index (χ1v) is 10.5. The molecule has 20 heavy (non-hydrogen) atoms. The summed E-state index contributed by atoms with van der Waals surface area (Å²) in [5, 5.41) is 3.91. The van der Waals surface area contributed by atoms with Gasteiger partial charge < -0.3 is 15.0 Å². The molecule has 3 saturated heterocycles. The van der Waals surface area contributed by atoms with Gasteiger partial charge in [-0.2, -0.15) is 23.5 Å². The Labute approximate surface area is 132 Å². The smallest absolute Gasteiger partial charge is 0.0702 e. The second kappa shape index (κ2) is 8.28. The number of piperidine rings is 1. The number of nitrogens with one attached hydrogen (secondary N) is 1. The first kappa shape index (κ1) is 15.5. The van der Waals surface area contributed by atoms with E-state index in [0.717, 1.165) is 18.7 Å². The van der Waals surface area contributed by atoms with Crippen LogP contribution in [0, 0.1) is 0 Å². The predicted molar refractivity (Wildman–Crippen MR) is 90.0 cm³/mol. The topological polar surface area (TPSA) is 24.5 Å². The van der Waals surface area contributed by atoms with E-state index in [0.29, 0.717) is 6.10 Å². The Morgan fingerprint density at radius 1 is 1.00 bits per heavy atom. The number of hydrogen-bond acceptors (Lipinski definition) is 5. The fraction of sp³-hybridized carbons (Fsp3) is 1.00. The van der Waals surface area contributed by atoms with Crippen LogP contribution in [0.2, 0.25) is 0 Å². The maximum Gasteiger partial charge on any atom is 0.0702 e. The molecule has 0 bridgehead atoms. The summed E-state index contributed by atoms with van der Waals surface area (Å²) in [6.07, 6.45) is 5.69. The minimum atomic E-state index is 0.522. The van der Waals surface area contributed by atoms with Crippen LogP contribution in [0.1, 0.15) is 25.7 Å². The van der Waals surface area contributed by atoms with Crippen molar-refractivity contribution >= 4 is 23.5 Å². The molecule has 1 atom stereocenters. The second-order valence-electron chi connectivity index (χ2n) is 6.22. The monoisotopic (exact) mass is 316 g/mol. The van der Waals surface area contributed by atoms with Gasteiger partial charge in [-0.3, -0.25) is 0 Å². The molecule has 0 radical (unpaired) electrons. The molecule has 1 unspecified atom stereocenters. The van der Waals surface area contributed by atoms with Gasteiger partial charge in [0.1, 0.15) is 0 Å². The quantitative estimate of drug-likeness (QED) is 0.856. The summed E-state index contributed by atoms with van der Waals surface area (Å²) in [7, 11) is 0. The van der Waals surface area contributed by atoms with E-state index in [-0.39, 0.29) is 0 Å². The molecule has 3 nitrogen and oxygen atoms in total. The van der Waals surface area contributed by atoms with Crippen molar-refractivity contribution in [2.45, 2.75) is 43.9 Å². The van der Waals surface area contributed by atoms with Crippen molar-refractivity contribution in [3.63, 3.8) is 0 Å². The van der Waals surface area contributed by atoms with Gasteiger partial charge in [0, 0.05) is 48.2 Å². The molecule has 0 amide bonds. The molecule has 0 spiro atoms. The Morgan fingerprint density at radius 2 is 1.75 bits per heavy atom. The zero-order chi connectivity index (χ0) is 13.6. The number of hydrogen-bond donors (Lipinski definition) is 1. The van der Waals surface area contributed by atoms with E-state index in [4.69, 9.17) is 4.74 Å².